The molecule has 0 bridgehead atoms. The van der Waals surface area contributed by atoms with Crippen LogP contribution in [0.25, 0.3) is 11.1 Å². The van der Waals surface area contributed by atoms with Gasteiger partial charge in [0.2, 0.25) is 0 Å². The molecule has 0 saturated carbocycles. The number of hydrogen-bond donors (Lipinski definition) is 0. The molecule has 0 spiro atoms. The first kappa shape index (κ1) is 19.3. The Kier molecular flexibility index (Phi) is 5.12. The molecule has 28 heavy (non-hydrogen) atoms. The number of benzene rings is 2. The Morgan fingerprint density at radius 3 is 2.54 bits per heavy atom. The second-order valence-corrected chi connectivity index (χ2v) is 10.1. The molecule has 3 aromatic rings. The highest BCUT2D eigenvalue weighted by molar-refractivity contribution is 7.80. The van der Waals surface area contributed by atoms with Gasteiger partial charge >= 0.3 is 0 Å². The molecule has 2 aromatic carbocycles. The minimum absolute atomic E-state index is 0.00585. The van der Waals surface area contributed by atoms with Crippen LogP contribution in [0.5, 0.6) is 5.75 Å². The van der Waals surface area contributed by atoms with Gasteiger partial charge in [-0.3, -0.25) is 9.69 Å². The van der Waals surface area contributed by atoms with Crippen molar-refractivity contribution in [2.75, 3.05) is 11.5 Å². The second kappa shape index (κ2) is 7.43. The number of anilines is 1. The highest BCUT2D eigenvalue weighted by Gasteiger charge is 2.42. The number of carbonyl (C=O) groups excluding carboxylic acids is 1. The Morgan fingerprint density at radius 1 is 1.11 bits per heavy atom. The summed E-state index contributed by atoms with van der Waals surface area (Å²) in [7, 11) is 3.27. The van der Waals surface area contributed by atoms with Crippen LogP contribution in [0.3, 0.4) is 0 Å². The van der Waals surface area contributed by atoms with Crippen LogP contribution in [0, 0.1) is 3.82 Å². The number of ether oxygens (including phenoxy) is 1. The molecular weight excluding hydrogens is 406 g/mol. The van der Waals surface area contributed by atoms with E-state index >= 15 is 0 Å². The number of amides is 1. The molecule has 6 heteroatoms. The molecule has 0 radical (unpaired) electrons. The van der Waals surface area contributed by atoms with Gasteiger partial charge in [0.25, 0.3) is 5.91 Å². The first-order valence-electron chi connectivity index (χ1n) is 9.21. The van der Waals surface area contributed by atoms with Crippen LogP contribution in [0.4, 0.5) is 5.69 Å². The van der Waals surface area contributed by atoms with Crippen LogP contribution < -0.4 is 9.64 Å². The largest absolute Gasteiger partial charge is 0.484 e. The van der Waals surface area contributed by atoms with E-state index in [1.165, 1.54) is 5.56 Å². The van der Waals surface area contributed by atoms with Gasteiger partial charge in [-0.25, -0.2) is 0 Å². The zero-order valence-corrected chi connectivity index (χ0v) is 18.5. The average molecular weight is 428 g/mol. The van der Waals surface area contributed by atoms with E-state index in [0.717, 1.165) is 31.9 Å². The number of hydrogen-bond acceptors (Lipinski definition) is 5. The third kappa shape index (κ3) is 3.19. The summed E-state index contributed by atoms with van der Waals surface area (Å²) in [6, 6.07) is 15.9. The van der Waals surface area contributed by atoms with Crippen molar-refractivity contribution in [1.29, 1.82) is 0 Å². The molecule has 1 amide bonds. The highest BCUT2D eigenvalue weighted by Crippen LogP contribution is 2.51. The van der Waals surface area contributed by atoms with Gasteiger partial charge in [-0.2, -0.15) is 0 Å². The fraction of sp³-hybridized carbons (Fsp3) is 0.273. The van der Waals surface area contributed by atoms with Crippen LogP contribution in [0.15, 0.2) is 48.5 Å². The normalized spacial score (nSPS) is 14.3. The summed E-state index contributed by atoms with van der Waals surface area (Å²) in [6.07, 6.45) is 0.979. The Balaban J connectivity index is 1.66. The number of carbonyl (C=O) groups is 1. The van der Waals surface area contributed by atoms with E-state index in [-0.39, 0.29) is 12.5 Å². The Morgan fingerprint density at radius 2 is 1.82 bits per heavy atom. The zero-order chi connectivity index (χ0) is 19.9. The standard InChI is InChI=1S/C22H21NO2S3/c1-4-14-9-11-15(12-10-14)25-13-18(24)23-17-8-6-5-7-16(17)19-20(22(23,2)3)27-28-21(19)26/h5-12H,4,13H2,1-3H3. The molecule has 4 rings (SSSR count). The summed E-state index contributed by atoms with van der Waals surface area (Å²) in [6.45, 7) is 6.26. The number of fused-ring (bicyclic) bond motifs is 3. The smallest absolute Gasteiger partial charge is 0.265 e. The van der Waals surface area contributed by atoms with E-state index in [9.17, 15) is 4.79 Å². The lowest BCUT2D eigenvalue weighted by Gasteiger charge is -2.42. The number of para-hydroxylation sites is 1. The van der Waals surface area contributed by atoms with E-state index in [1.807, 2.05) is 53.4 Å². The molecule has 144 valence electrons. The zero-order valence-electron chi connectivity index (χ0n) is 16.0. The molecule has 0 atom stereocenters. The number of aryl methyl sites for hydroxylation is 1. The average Bonchev–Trinajstić information content (AvgIpc) is 3.09. The summed E-state index contributed by atoms with van der Waals surface area (Å²) in [5, 5.41) is 0. The van der Waals surface area contributed by atoms with Crippen LogP contribution in [0.1, 0.15) is 31.2 Å². The van der Waals surface area contributed by atoms with E-state index in [4.69, 9.17) is 17.0 Å². The van der Waals surface area contributed by atoms with Crippen LogP contribution >= 0.6 is 32.9 Å². The lowest BCUT2D eigenvalue weighted by Crippen LogP contribution is -2.49. The SMILES string of the molecule is CCc1ccc(OCC(=O)N2c3ccccc3-c3c(ssc3=S)C2(C)C)cc1. The Labute approximate surface area is 177 Å². The molecule has 0 fully saturated rings. The maximum absolute atomic E-state index is 13.3. The minimum Gasteiger partial charge on any atom is -0.484 e. The van der Waals surface area contributed by atoms with Gasteiger partial charge in [-0.15, -0.1) is 0 Å². The topological polar surface area (TPSA) is 29.5 Å². The summed E-state index contributed by atoms with van der Waals surface area (Å²) >= 11 is 5.59. The van der Waals surface area contributed by atoms with Gasteiger partial charge in [0.05, 0.1) is 16.1 Å². The van der Waals surface area contributed by atoms with Gasteiger partial charge in [-0.05, 0) is 44.0 Å². The van der Waals surface area contributed by atoms with E-state index in [2.05, 4.69) is 20.8 Å². The fourth-order valence-electron chi connectivity index (χ4n) is 3.66. The number of nitrogens with zero attached hydrogens (tertiary/aromatic N) is 1. The van der Waals surface area contributed by atoms with E-state index in [1.54, 1.807) is 20.7 Å². The van der Waals surface area contributed by atoms with Crippen molar-refractivity contribution < 1.29 is 9.53 Å². The third-order valence-corrected chi connectivity index (χ3v) is 8.43. The molecular formula is C22H21NO2S3. The fourth-order valence-corrected chi connectivity index (χ4v) is 6.94. The molecule has 1 aliphatic heterocycles. The second-order valence-electron chi connectivity index (χ2n) is 7.25. The monoisotopic (exact) mass is 427 g/mol. The molecule has 0 aliphatic carbocycles. The highest BCUT2D eigenvalue weighted by atomic mass is 32.9. The molecule has 2 heterocycles. The van der Waals surface area contributed by atoms with Crippen molar-refractivity contribution in [3.8, 4) is 16.9 Å². The van der Waals surface area contributed by atoms with Crippen LogP contribution in [-0.4, -0.2) is 12.5 Å². The molecule has 0 unspecified atom stereocenters. The third-order valence-electron chi connectivity index (χ3n) is 5.10. The molecule has 1 aromatic heterocycles. The van der Waals surface area contributed by atoms with Crippen molar-refractivity contribution in [1.82, 2.24) is 0 Å². The molecule has 0 N–H and O–H groups in total. The summed E-state index contributed by atoms with van der Waals surface area (Å²) in [5.41, 5.74) is 3.79. The van der Waals surface area contributed by atoms with Crippen LogP contribution in [-0.2, 0) is 16.8 Å². The predicted octanol–water partition coefficient (Wildman–Crippen LogP) is 6.43. The predicted molar refractivity (Wildman–Crippen MR) is 120 cm³/mol. The van der Waals surface area contributed by atoms with Crippen LogP contribution in [0.2, 0.25) is 0 Å². The summed E-state index contributed by atoms with van der Waals surface area (Å²) in [4.78, 5) is 16.3. The van der Waals surface area contributed by atoms with Gasteiger partial charge in [-0.1, -0.05) is 70.2 Å². The molecule has 3 nitrogen and oxygen atoms in total. The molecule has 1 aliphatic rings. The van der Waals surface area contributed by atoms with Crippen molar-refractivity contribution in [2.24, 2.45) is 0 Å². The quantitative estimate of drug-likeness (QED) is 0.355. The van der Waals surface area contributed by atoms with E-state index < -0.39 is 5.54 Å². The molecule has 0 saturated heterocycles. The van der Waals surface area contributed by atoms with Gasteiger partial charge in [0.1, 0.15) is 9.57 Å². The maximum atomic E-state index is 13.3. The Bertz CT molecular complexity index is 1080. The van der Waals surface area contributed by atoms with E-state index in [0.29, 0.717) is 5.75 Å². The lowest BCUT2D eigenvalue weighted by molar-refractivity contribution is -0.121. The van der Waals surface area contributed by atoms with Crippen molar-refractivity contribution in [3.63, 3.8) is 0 Å². The first-order chi connectivity index (χ1) is 13.4. The summed E-state index contributed by atoms with van der Waals surface area (Å²) < 4.78 is 6.71. The van der Waals surface area contributed by atoms with Gasteiger partial charge in [0, 0.05) is 11.1 Å². The lowest BCUT2D eigenvalue weighted by atomic mass is 9.87. The van der Waals surface area contributed by atoms with Crippen molar-refractivity contribution in [2.45, 2.75) is 32.7 Å². The Hall–Kier alpha value is -2.02. The maximum Gasteiger partial charge on any atom is 0.265 e. The summed E-state index contributed by atoms with van der Waals surface area (Å²) in [5.74, 6) is 0.646. The van der Waals surface area contributed by atoms with Crippen molar-refractivity contribution >= 4 is 44.5 Å². The van der Waals surface area contributed by atoms with Crippen molar-refractivity contribution in [3.05, 3.63) is 62.8 Å². The van der Waals surface area contributed by atoms with Gasteiger partial charge in [0.15, 0.2) is 6.61 Å². The first-order valence-corrected chi connectivity index (χ1v) is 11.8. The minimum atomic E-state index is -0.478. The number of rotatable bonds is 4. The van der Waals surface area contributed by atoms with Gasteiger partial charge < -0.3 is 4.74 Å².